The van der Waals surface area contributed by atoms with Gasteiger partial charge in [0.15, 0.2) is 17.6 Å². The zero-order valence-electron chi connectivity index (χ0n) is 16.8. The molecule has 0 aromatic heterocycles. The number of para-hydroxylation sites is 1. The topological polar surface area (TPSA) is 117 Å². The van der Waals surface area contributed by atoms with Crippen molar-refractivity contribution >= 4 is 23.3 Å². The molecule has 1 N–H and O–H groups in total. The lowest BCUT2D eigenvalue weighted by molar-refractivity contribution is -0.385. The Morgan fingerprint density at radius 1 is 1.15 bits per heavy atom. The van der Waals surface area contributed by atoms with Crippen molar-refractivity contribution in [3.63, 3.8) is 0 Å². The summed E-state index contributed by atoms with van der Waals surface area (Å²) in [6, 6.07) is 5.17. The number of benzene rings is 2. The molecule has 0 aliphatic rings. The van der Waals surface area contributed by atoms with Crippen LogP contribution in [0.4, 0.5) is 33.3 Å². The van der Waals surface area contributed by atoms with Gasteiger partial charge in [0.05, 0.1) is 23.3 Å². The first-order valence-electron chi connectivity index (χ1n) is 8.84. The van der Waals surface area contributed by atoms with Crippen molar-refractivity contribution < 1.29 is 50.7 Å². The summed E-state index contributed by atoms with van der Waals surface area (Å²) in [5.74, 6) is -3.42. The van der Waals surface area contributed by atoms with Crippen LogP contribution in [0, 0.1) is 10.1 Å². The molecule has 33 heavy (non-hydrogen) atoms. The van der Waals surface area contributed by atoms with Crippen molar-refractivity contribution in [1.29, 1.82) is 0 Å². The second-order valence-corrected chi connectivity index (χ2v) is 6.24. The van der Waals surface area contributed by atoms with E-state index in [1.807, 2.05) is 5.32 Å². The number of alkyl halides is 5. The van der Waals surface area contributed by atoms with E-state index < -0.39 is 63.9 Å². The van der Waals surface area contributed by atoms with Gasteiger partial charge in [-0.1, -0.05) is 6.07 Å². The van der Waals surface area contributed by atoms with E-state index in [1.165, 1.54) is 12.1 Å². The Hall–Kier alpha value is -3.97. The highest BCUT2D eigenvalue weighted by molar-refractivity contribution is 5.99. The summed E-state index contributed by atoms with van der Waals surface area (Å²) in [4.78, 5) is 34.4. The molecule has 9 nitrogen and oxygen atoms in total. The van der Waals surface area contributed by atoms with Gasteiger partial charge in [-0.2, -0.15) is 22.0 Å². The quantitative estimate of drug-likeness (QED) is 0.259. The molecule has 0 fully saturated rings. The van der Waals surface area contributed by atoms with Crippen LogP contribution >= 0.6 is 0 Å². The highest BCUT2D eigenvalue weighted by Gasteiger charge is 2.36. The van der Waals surface area contributed by atoms with E-state index in [9.17, 15) is 41.7 Å². The smallest absolute Gasteiger partial charge is 0.418 e. The lowest BCUT2D eigenvalue weighted by atomic mass is 10.1. The monoisotopic (exact) mass is 478 g/mol. The molecule has 14 heteroatoms. The average molecular weight is 478 g/mol. The maximum atomic E-state index is 13.2. The first-order valence-corrected chi connectivity index (χ1v) is 8.84. The van der Waals surface area contributed by atoms with Gasteiger partial charge >= 0.3 is 18.8 Å². The number of nitro groups is 1. The van der Waals surface area contributed by atoms with Crippen LogP contribution in [-0.2, 0) is 15.7 Å². The molecule has 1 amide bonds. The van der Waals surface area contributed by atoms with Gasteiger partial charge in [-0.05, 0) is 25.1 Å². The number of nitrogens with zero attached hydrogens (tertiary/aromatic N) is 1. The average Bonchev–Trinajstić information content (AvgIpc) is 2.72. The van der Waals surface area contributed by atoms with Crippen LogP contribution in [0.5, 0.6) is 11.5 Å². The Morgan fingerprint density at radius 3 is 2.36 bits per heavy atom. The number of rotatable bonds is 8. The number of non-ortho nitro benzene ring substituents is 1. The molecule has 0 aliphatic carbocycles. The number of ether oxygens (including phenoxy) is 3. The number of nitro benzene ring substituents is 1. The van der Waals surface area contributed by atoms with E-state index >= 15 is 0 Å². The summed E-state index contributed by atoms with van der Waals surface area (Å²) in [6.07, 6.45) is -6.74. The summed E-state index contributed by atoms with van der Waals surface area (Å²) in [5, 5.41) is 12.6. The second-order valence-electron chi connectivity index (χ2n) is 6.24. The van der Waals surface area contributed by atoms with E-state index in [0.29, 0.717) is 6.07 Å². The third-order valence-electron chi connectivity index (χ3n) is 4.06. The summed E-state index contributed by atoms with van der Waals surface area (Å²) in [6.45, 7) is -2.31. The van der Waals surface area contributed by atoms with Crippen LogP contribution in [0.15, 0.2) is 36.4 Å². The molecule has 2 rings (SSSR count). The van der Waals surface area contributed by atoms with Crippen LogP contribution in [0.1, 0.15) is 22.8 Å². The van der Waals surface area contributed by atoms with E-state index in [4.69, 9.17) is 9.47 Å². The van der Waals surface area contributed by atoms with Crippen LogP contribution in [0.2, 0.25) is 0 Å². The molecule has 0 heterocycles. The highest BCUT2D eigenvalue weighted by Crippen LogP contribution is 2.37. The van der Waals surface area contributed by atoms with Crippen LogP contribution < -0.4 is 14.8 Å². The summed E-state index contributed by atoms with van der Waals surface area (Å²) < 4.78 is 79.1. The van der Waals surface area contributed by atoms with E-state index in [-0.39, 0.29) is 11.8 Å². The number of esters is 1. The van der Waals surface area contributed by atoms with Crippen molar-refractivity contribution in [2.45, 2.75) is 25.8 Å². The van der Waals surface area contributed by atoms with Gasteiger partial charge in [0.2, 0.25) is 0 Å². The normalized spacial score (nSPS) is 12.1. The fourth-order valence-corrected chi connectivity index (χ4v) is 2.55. The molecule has 2 aromatic carbocycles. The largest absolute Gasteiger partial charge is 0.493 e. The number of nitrogens with one attached hydrogen (secondary N) is 1. The summed E-state index contributed by atoms with van der Waals surface area (Å²) in [7, 11) is 1.13. The number of carbonyl (C=O) groups excluding carboxylic acids is 2. The molecule has 0 bridgehead atoms. The fourth-order valence-electron chi connectivity index (χ4n) is 2.55. The second kappa shape index (κ2) is 10.1. The van der Waals surface area contributed by atoms with Gasteiger partial charge in [0.1, 0.15) is 5.56 Å². The molecular formula is C19H15F5N2O7. The van der Waals surface area contributed by atoms with E-state index in [0.717, 1.165) is 26.2 Å². The SMILES string of the molecule is COc1cccc(C(=O)OC(C)C(=O)Nc2ccc([N+](=O)[O-])cc2C(F)(F)F)c1OC(F)F. The summed E-state index contributed by atoms with van der Waals surface area (Å²) >= 11 is 0. The Morgan fingerprint density at radius 2 is 1.82 bits per heavy atom. The molecule has 178 valence electrons. The van der Waals surface area contributed by atoms with Crippen molar-refractivity contribution in [2.24, 2.45) is 0 Å². The molecule has 0 saturated carbocycles. The zero-order valence-corrected chi connectivity index (χ0v) is 16.8. The maximum absolute atomic E-state index is 13.2. The first-order chi connectivity index (χ1) is 15.3. The minimum atomic E-state index is -5.04. The van der Waals surface area contributed by atoms with Crippen molar-refractivity contribution in [2.75, 3.05) is 12.4 Å². The van der Waals surface area contributed by atoms with Crippen LogP contribution in [0.3, 0.4) is 0 Å². The van der Waals surface area contributed by atoms with Crippen molar-refractivity contribution in [3.8, 4) is 11.5 Å². The van der Waals surface area contributed by atoms with Gasteiger partial charge < -0.3 is 19.5 Å². The van der Waals surface area contributed by atoms with Crippen molar-refractivity contribution in [1.82, 2.24) is 0 Å². The third-order valence-corrected chi connectivity index (χ3v) is 4.06. The molecule has 0 saturated heterocycles. The molecular weight excluding hydrogens is 463 g/mol. The number of carbonyl (C=O) groups is 2. The number of hydrogen-bond acceptors (Lipinski definition) is 7. The fraction of sp³-hybridized carbons (Fsp3) is 0.263. The molecule has 0 aliphatic heterocycles. The van der Waals surface area contributed by atoms with Gasteiger partial charge in [-0.15, -0.1) is 0 Å². The lowest BCUT2D eigenvalue weighted by Gasteiger charge is -2.18. The Labute approximate surface area is 182 Å². The lowest BCUT2D eigenvalue weighted by Crippen LogP contribution is -2.31. The number of hydrogen-bond donors (Lipinski definition) is 1. The number of amides is 1. The predicted octanol–water partition coefficient (Wildman–Crippen LogP) is 4.41. The molecule has 1 atom stereocenters. The van der Waals surface area contributed by atoms with Gasteiger partial charge in [0, 0.05) is 12.1 Å². The maximum Gasteiger partial charge on any atom is 0.418 e. The van der Waals surface area contributed by atoms with Gasteiger partial charge in [-0.3, -0.25) is 14.9 Å². The molecule has 1 unspecified atom stereocenters. The highest BCUT2D eigenvalue weighted by atomic mass is 19.4. The predicted molar refractivity (Wildman–Crippen MR) is 101 cm³/mol. The van der Waals surface area contributed by atoms with Crippen molar-refractivity contribution in [3.05, 3.63) is 57.6 Å². The third kappa shape index (κ3) is 6.27. The first kappa shape index (κ1) is 25.3. The minimum Gasteiger partial charge on any atom is -0.493 e. The van der Waals surface area contributed by atoms with Crippen LogP contribution in [0.25, 0.3) is 0 Å². The van der Waals surface area contributed by atoms with E-state index in [2.05, 4.69) is 4.74 Å². The summed E-state index contributed by atoms with van der Waals surface area (Å²) in [5.41, 5.74) is -3.70. The Balaban J connectivity index is 2.24. The molecule has 2 aromatic rings. The number of methoxy groups -OCH3 is 1. The Bertz CT molecular complexity index is 1060. The molecule has 0 radical (unpaired) electrons. The number of anilines is 1. The van der Waals surface area contributed by atoms with Gasteiger partial charge in [-0.25, -0.2) is 4.79 Å². The molecule has 0 spiro atoms. The van der Waals surface area contributed by atoms with Crippen LogP contribution in [-0.4, -0.2) is 36.6 Å². The zero-order chi connectivity index (χ0) is 24.9. The standard InChI is InChI=1S/C19H15F5N2O7/c1-9(32-17(28)11-4-3-5-14(31-2)15(11)33-18(20)21)16(27)25-13-7-6-10(26(29)30)8-12(13)19(22,23)24/h3-9,18H,1-2H3,(H,25,27). The van der Waals surface area contributed by atoms with Gasteiger partial charge in [0.25, 0.3) is 11.6 Å². The minimum absolute atomic E-state index is 0.233. The Kier molecular flexibility index (Phi) is 7.74. The van der Waals surface area contributed by atoms with E-state index in [1.54, 1.807) is 0 Å². The number of halogens is 5.